The summed E-state index contributed by atoms with van der Waals surface area (Å²) in [5.41, 5.74) is 1.02. The lowest BCUT2D eigenvalue weighted by Gasteiger charge is -2.33. The van der Waals surface area contributed by atoms with Crippen LogP contribution in [0.1, 0.15) is 25.3 Å². The summed E-state index contributed by atoms with van der Waals surface area (Å²) in [6, 6.07) is 10.0. The molecule has 0 aliphatic carbocycles. The summed E-state index contributed by atoms with van der Waals surface area (Å²) in [7, 11) is 0. The van der Waals surface area contributed by atoms with E-state index in [1.54, 1.807) is 0 Å². The van der Waals surface area contributed by atoms with Gasteiger partial charge in [-0.3, -0.25) is 0 Å². The van der Waals surface area contributed by atoms with Crippen molar-refractivity contribution in [2.24, 2.45) is 0 Å². The highest BCUT2D eigenvalue weighted by Gasteiger charge is 2.24. The summed E-state index contributed by atoms with van der Waals surface area (Å²) >= 11 is 0. The summed E-state index contributed by atoms with van der Waals surface area (Å²) in [6.45, 7) is 4.95. The normalized spacial score (nSPS) is 18.9. The minimum absolute atomic E-state index is 0.208. The molecule has 4 nitrogen and oxygen atoms in total. The van der Waals surface area contributed by atoms with E-state index in [0.717, 1.165) is 31.5 Å². The van der Waals surface area contributed by atoms with Gasteiger partial charge in [0.25, 0.3) is 0 Å². The molecule has 0 radical (unpaired) electrons. The largest absolute Gasteiger partial charge is 0.445 e. The Morgan fingerprint density at radius 1 is 1.42 bits per heavy atom. The van der Waals surface area contributed by atoms with E-state index in [1.165, 1.54) is 0 Å². The highest BCUT2D eigenvalue weighted by atomic mass is 16.6. The number of hydrogen-bond donors (Lipinski definition) is 1. The van der Waals surface area contributed by atoms with Crippen molar-refractivity contribution in [3.05, 3.63) is 35.9 Å². The van der Waals surface area contributed by atoms with Gasteiger partial charge in [0.15, 0.2) is 0 Å². The van der Waals surface area contributed by atoms with E-state index in [2.05, 4.69) is 5.32 Å². The van der Waals surface area contributed by atoms with Gasteiger partial charge < -0.3 is 15.0 Å². The Labute approximate surface area is 114 Å². The zero-order chi connectivity index (χ0) is 13.5. The molecular weight excluding hydrogens is 240 g/mol. The van der Waals surface area contributed by atoms with Gasteiger partial charge in [-0.25, -0.2) is 4.79 Å². The number of piperidine rings is 1. The minimum atomic E-state index is -0.208. The maximum Gasteiger partial charge on any atom is 0.410 e. The van der Waals surface area contributed by atoms with Gasteiger partial charge in [-0.05, 0) is 31.9 Å². The minimum Gasteiger partial charge on any atom is -0.445 e. The van der Waals surface area contributed by atoms with Crippen LogP contribution in [0.25, 0.3) is 0 Å². The van der Waals surface area contributed by atoms with Crippen molar-refractivity contribution in [1.29, 1.82) is 0 Å². The van der Waals surface area contributed by atoms with Crippen molar-refractivity contribution < 1.29 is 9.53 Å². The van der Waals surface area contributed by atoms with Crippen LogP contribution in [0.15, 0.2) is 30.3 Å². The third kappa shape index (κ3) is 3.96. The van der Waals surface area contributed by atoms with Crippen LogP contribution >= 0.6 is 0 Å². The Kier molecular flexibility index (Phi) is 5.21. The van der Waals surface area contributed by atoms with Crippen molar-refractivity contribution in [1.82, 2.24) is 10.2 Å². The first-order valence-electron chi connectivity index (χ1n) is 6.99. The molecule has 1 heterocycles. The fourth-order valence-electron chi connectivity index (χ4n) is 2.44. The average Bonchev–Trinajstić information content (AvgIpc) is 2.48. The molecule has 1 atom stereocenters. The zero-order valence-corrected chi connectivity index (χ0v) is 11.5. The van der Waals surface area contributed by atoms with Gasteiger partial charge in [0.2, 0.25) is 0 Å². The molecule has 1 saturated heterocycles. The van der Waals surface area contributed by atoms with Crippen LogP contribution < -0.4 is 5.32 Å². The Morgan fingerprint density at radius 3 is 2.84 bits per heavy atom. The van der Waals surface area contributed by atoms with Gasteiger partial charge in [-0.15, -0.1) is 0 Å². The Balaban J connectivity index is 1.86. The molecule has 1 fully saturated rings. The monoisotopic (exact) mass is 262 g/mol. The molecular formula is C15H22N2O2. The van der Waals surface area contributed by atoms with E-state index < -0.39 is 0 Å². The Morgan fingerprint density at radius 2 is 2.21 bits per heavy atom. The van der Waals surface area contributed by atoms with Gasteiger partial charge in [0.05, 0.1) is 0 Å². The summed E-state index contributed by atoms with van der Waals surface area (Å²) in [5, 5.41) is 3.33. The highest BCUT2D eigenvalue weighted by Crippen LogP contribution is 2.12. The first-order chi connectivity index (χ1) is 9.31. The van der Waals surface area contributed by atoms with Gasteiger partial charge in [-0.2, -0.15) is 0 Å². The van der Waals surface area contributed by atoms with Crippen LogP contribution in [-0.4, -0.2) is 36.7 Å². The molecule has 1 aliphatic heterocycles. The van der Waals surface area contributed by atoms with Crippen LogP contribution in [0.5, 0.6) is 0 Å². The lowest BCUT2D eigenvalue weighted by molar-refractivity contribution is 0.0771. The maximum absolute atomic E-state index is 12.1. The fraction of sp³-hybridized carbons (Fsp3) is 0.533. The number of amides is 1. The molecule has 0 saturated carbocycles. The summed E-state index contributed by atoms with van der Waals surface area (Å²) in [4.78, 5) is 14.0. The molecule has 104 valence electrons. The lowest BCUT2D eigenvalue weighted by atomic mass is 10.1. The third-order valence-corrected chi connectivity index (χ3v) is 3.49. The van der Waals surface area contributed by atoms with Gasteiger partial charge in [0.1, 0.15) is 6.61 Å². The number of rotatable bonds is 4. The highest BCUT2D eigenvalue weighted by molar-refractivity contribution is 5.68. The number of nitrogens with zero attached hydrogens (tertiary/aromatic N) is 1. The van der Waals surface area contributed by atoms with Gasteiger partial charge in [0, 0.05) is 19.1 Å². The summed E-state index contributed by atoms with van der Waals surface area (Å²) in [6.07, 6.45) is 1.97. The van der Waals surface area contributed by atoms with E-state index in [4.69, 9.17) is 4.74 Å². The molecule has 1 amide bonds. The van der Waals surface area contributed by atoms with Gasteiger partial charge >= 0.3 is 6.09 Å². The average molecular weight is 262 g/mol. The predicted molar refractivity (Wildman–Crippen MR) is 74.9 cm³/mol. The SMILES string of the molecule is CCN(C(=O)OCc1ccccc1)[C@@H]1CCCNC1. The van der Waals surface area contributed by atoms with E-state index in [-0.39, 0.29) is 12.1 Å². The zero-order valence-electron chi connectivity index (χ0n) is 11.5. The van der Waals surface area contributed by atoms with Crippen LogP contribution in [0.3, 0.4) is 0 Å². The van der Waals surface area contributed by atoms with Crippen molar-refractivity contribution in [2.75, 3.05) is 19.6 Å². The fourth-order valence-corrected chi connectivity index (χ4v) is 2.44. The second-order valence-corrected chi connectivity index (χ2v) is 4.83. The smallest absolute Gasteiger partial charge is 0.410 e. The third-order valence-electron chi connectivity index (χ3n) is 3.49. The van der Waals surface area contributed by atoms with Crippen LogP contribution in [0.2, 0.25) is 0 Å². The molecule has 0 aromatic heterocycles. The van der Waals surface area contributed by atoms with Crippen molar-refractivity contribution in [3.63, 3.8) is 0 Å². The number of carbonyl (C=O) groups excluding carboxylic acids is 1. The molecule has 1 N–H and O–H groups in total. The second kappa shape index (κ2) is 7.14. The van der Waals surface area contributed by atoms with Crippen LogP contribution in [0, 0.1) is 0 Å². The lowest BCUT2D eigenvalue weighted by Crippen LogP contribution is -2.48. The van der Waals surface area contributed by atoms with Crippen molar-refractivity contribution >= 4 is 6.09 Å². The molecule has 0 unspecified atom stereocenters. The standard InChI is InChI=1S/C15H22N2O2/c1-2-17(14-9-6-10-16-11-14)15(18)19-12-13-7-4-3-5-8-13/h3-5,7-8,14,16H,2,6,9-12H2,1H3/t14-/m1/s1. The van der Waals surface area contributed by atoms with E-state index >= 15 is 0 Å². The van der Waals surface area contributed by atoms with Gasteiger partial charge in [-0.1, -0.05) is 30.3 Å². The van der Waals surface area contributed by atoms with E-state index in [1.807, 2.05) is 42.2 Å². The number of ether oxygens (including phenoxy) is 1. The quantitative estimate of drug-likeness (QED) is 0.906. The molecule has 19 heavy (non-hydrogen) atoms. The summed E-state index contributed by atoms with van der Waals surface area (Å²) < 4.78 is 5.39. The van der Waals surface area contributed by atoms with Crippen LogP contribution in [-0.2, 0) is 11.3 Å². The summed E-state index contributed by atoms with van der Waals surface area (Å²) in [5.74, 6) is 0. The Hall–Kier alpha value is -1.55. The van der Waals surface area contributed by atoms with Crippen LogP contribution in [0.4, 0.5) is 4.79 Å². The van der Waals surface area contributed by atoms with Crippen molar-refractivity contribution in [3.8, 4) is 0 Å². The first kappa shape index (κ1) is 13.9. The van der Waals surface area contributed by atoms with Crippen molar-refractivity contribution in [2.45, 2.75) is 32.4 Å². The topological polar surface area (TPSA) is 41.6 Å². The molecule has 1 aromatic rings. The first-order valence-corrected chi connectivity index (χ1v) is 6.99. The molecule has 4 heteroatoms. The maximum atomic E-state index is 12.1. The number of carbonyl (C=O) groups is 1. The molecule has 0 bridgehead atoms. The number of benzene rings is 1. The number of likely N-dealkylation sites (N-methyl/N-ethyl adjacent to an activating group) is 1. The number of hydrogen-bond acceptors (Lipinski definition) is 3. The molecule has 1 aromatic carbocycles. The molecule has 2 rings (SSSR count). The predicted octanol–water partition coefficient (Wildman–Crippen LogP) is 2.40. The number of nitrogens with one attached hydrogen (secondary N) is 1. The second-order valence-electron chi connectivity index (χ2n) is 4.83. The Bertz CT molecular complexity index is 388. The van der Waals surface area contributed by atoms with E-state index in [0.29, 0.717) is 13.2 Å². The van der Waals surface area contributed by atoms with E-state index in [9.17, 15) is 4.79 Å². The molecule has 1 aliphatic rings. The molecule has 0 spiro atoms.